The van der Waals surface area contributed by atoms with Crippen molar-refractivity contribution < 1.29 is 22.7 Å². The van der Waals surface area contributed by atoms with Crippen LogP contribution in [-0.4, -0.2) is 47.1 Å². The molecule has 0 unspecified atom stereocenters. The Kier molecular flexibility index (Phi) is 7.11. The molecule has 11 heteroatoms. The number of nitrogens with two attached hydrogens (primary N) is 1. The predicted octanol–water partition coefficient (Wildman–Crippen LogP) is 3.19. The molecule has 172 valence electrons. The lowest BCUT2D eigenvalue weighted by atomic mass is 10.1. The molecular weight excluding hydrogens is 452 g/mol. The van der Waals surface area contributed by atoms with Crippen molar-refractivity contribution in [3.63, 3.8) is 0 Å². The SMILES string of the molecule is CCCn1c(SCC(=O)c2[nH]c(C)c(C(=O)OCC)c2C)nc2cc(S(N)(=O)=O)ccc21. The van der Waals surface area contributed by atoms with Gasteiger partial charge in [-0.2, -0.15) is 0 Å². The summed E-state index contributed by atoms with van der Waals surface area (Å²) in [5.41, 5.74) is 3.17. The van der Waals surface area contributed by atoms with Crippen molar-refractivity contribution in [1.82, 2.24) is 14.5 Å². The van der Waals surface area contributed by atoms with Gasteiger partial charge in [0.25, 0.3) is 0 Å². The Labute approximate surface area is 190 Å². The molecule has 0 saturated carbocycles. The molecule has 0 aliphatic heterocycles. The highest BCUT2D eigenvalue weighted by atomic mass is 32.2. The van der Waals surface area contributed by atoms with Crippen molar-refractivity contribution in [1.29, 1.82) is 0 Å². The number of hydrogen-bond acceptors (Lipinski definition) is 7. The number of ketones is 1. The summed E-state index contributed by atoms with van der Waals surface area (Å²) in [6.07, 6.45) is 0.835. The van der Waals surface area contributed by atoms with Gasteiger partial charge in [-0.25, -0.2) is 23.3 Å². The molecule has 3 N–H and O–H groups in total. The van der Waals surface area contributed by atoms with E-state index in [4.69, 9.17) is 9.88 Å². The van der Waals surface area contributed by atoms with Gasteiger partial charge in [-0.3, -0.25) is 4.79 Å². The third-order valence-electron chi connectivity index (χ3n) is 4.99. The molecule has 32 heavy (non-hydrogen) atoms. The number of esters is 1. The van der Waals surface area contributed by atoms with E-state index in [0.29, 0.717) is 39.7 Å². The van der Waals surface area contributed by atoms with Gasteiger partial charge in [0.1, 0.15) is 0 Å². The van der Waals surface area contributed by atoms with Crippen LogP contribution in [0.5, 0.6) is 0 Å². The molecule has 0 aliphatic carbocycles. The summed E-state index contributed by atoms with van der Waals surface area (Å²) in [7, 11) is -3.84. The number of rotatable bonds is 9. The van der Waals surface area contributed by atoms with Crippen LogP contribution in [0.15, 0.2) is 28.3 Å². The maximum absolute atomic E-state index is 12.9. The zero-order chi connectivity index (χ0) is 23.6. The average molecular weight is 479 g/mol. The van der Waals surface area contributed by atoms with Crippen molar-refractivity contribution >= 4 is 44.6 Å². The first-order valence-corrected chi connectivity index (χ1v) is 12.7. The molecule has 0 radical (unpaired) electrons. The predicted molar refractivity (Wildman–Crippen MR) is 123 cm³/mol. The largest absolute Gasteiger partial charge is 0.462 e. The highest BCUT2D eigenvalue weighted by Gasteiger charge is 2.23. The van der Waals surface area contributed by atoms with Crippen molar-refractivity contribution in [3.05, 3.63) is 40.7 Å². The number of aryl methyl sites for hydroxylation is 2. The van der Waals surface area contributed by atoms with Crippen molar-refractivity contribution in [2.24, 2.45) is 5.14 Å². The van der Waals surface area contributed by atoms with Crippen LogP contribution in [0.25, 0.3) is 11.0 Å². The zero-order valence-electron chi connectivity index (χ0n) is 18.4. The molecule has 2 aromatic heterocycles. The number of sulfonamides is 1. The summed E-state index contributed by atoms with van der Waals surface area (Å²) in [5.74, 6) is -0.537. The number of aromatic nitrogens is 3. The Bertz CT molecular complexity index is 1290. The van der Waals surface area contributed by atoms with E-state index in [1.807, 2.05) is 11.5 Å². The number of imidazole rings is 1. The number of fused-ring (bicyclic) bond motifs is 1. The van der Waals surface area contributed by atoms with Crippen LogP contribution >= 0.6 is 11.8 Å². The van der Waals surface area contributed by atoms with Gasteiger partial charge in [-0.15, -0.1) is 0 Å². The smallest absolute Gasteiger partial charge is 0.340 e. The van der Waals surface area contributed by atoms with Crippen molar-refractivity contribution in [2.45, 2.75) is 50.7 Å². The molecule has 0 saturated heterocycles. The van der Waals surface area contributed by atoms with E-state index < -0.39 is 16.0 Å². The molecular formula is C21H26N4O5S2. The normalized spacial score (nSPS) is 11.8. The number of carbonyl (C=O) groups is 2. The highest BCUT2D eigenvalue weighted by Crippen LogP contribution is 2.28. The molecule has 3 rings (SSSR count). The lowest BCUT2D eigenvalue weighted by molar-refractivity contribution is 0.0525. The van der Waals surface area contributed by atoms with E-state index >= 15 is 0 Å². The number of ether oxygens (including phenoxy) is 1. The number of aromatic amines is 1. The lowest BCUT2D eigenvalue weighted by Gasteiger charge is -2.07. The summed E-state index contributed by atoms with van der Waals surface area (Å²) in [6.45, 7) is 8.11. The fourth-order valence-corrected chi connectivity index (χ4v) is 5.00. The second kappa shape index (κ2) is 9.47. The van der Waals surface area contributed by atoms with Crippen LogP contribution in [0.4, 0.5) is 0 Å². The van der Waals surface area contributed by atoms with Crippen molar-refractivity contribution in [2.75, 3.05) is 12.4 Å². The van der Waals surface area contributed by atoms with Gasteiger partial charge in [-0.05, 0) is 51.0 Å². The van der Waals surface area contributed by atoms with E-state index in [0.717, 1.165) is 11.9 Å². The van der Waals surface area contributed by atoms with E-state index in [1.165, 1.54) is 23.9 Å². The fraction of sp³-hybridized carbons (Fsp3) is 0.381. The maximum atomic E-state index is 12.9. The summed E-state index contributed by atoms with van der Waals surface area (Å²) >= 11 is 1.26. The van der Waals surface area contributed by atoms with Gasteiger partial charge in [-0.1, -0.05) is 18.7 Å². The Balaban J connectivity index is 1.88. The Morgan fingerprint density at radius 2 is 1.97 bits per heavy atom. The summed E-state index contributed by atoms with van der Waals surface area (Å²) in [4.78, 5) is 32.6. The molecule has 1 aromatic carbocycles. The molecule has 0 atom stereocenters. The second-order valence-corrected chi connectivity index (χ2v) is 9.80. The quantitative estimate of drug-likeness (QED) is 0.274. The Morgan fingerprint density at radius 3 is 2.59 bits per heavy atom. The topological polar surface area (TPSA) is 137 Å². The fourth-order valence-electron chi connectivity index (χ4n) is 3.55. The van der Waals surface area contributed by atoms with Crippen molar-refractivity contribution in [3.8, 4) is 0 Å². The van der Waals surface area contributed by atoms with Crippen LogP contribution in [0, 0.1) is 13.8 Å². The number of Topliss-reactive ketones (excluding diaryl/α,β-unsaturated/α-hetero) is 1. The number of carbonyl (C=O) groups excluding carboxylic acids is 2. The first kappa shape index (κ1) is 24.0. The highest BCUT2D eigenvalue weighted by molar-refractivity contribution is 7.99. The monoisotopic (exact) mass is 478 g/mol. The summed E-state index contributed by atoms with van der Waals surface area (Å²) in [5, 5.41) is 5.84. The summed E-state index contributed by atoms with van der Waals surface area (Å²) < 4.78 is 30.4. The molecule has 2 heterocycles. The molecule has 0 bridgehead atoms. The molecule has 0 spiro atoms. The minimum absolute atomic E-state index is 0.0113. The standard InChI is InChI=1S/C21H26N4O5S2/c1-5-9-25-16-8-7-14(32(22,28)29)10-15(16)24-21(25)31-11-17(26)19-12(3)18(13(4)23-19)20(27)30-6-2/h7-8,10,23H,5-6,9,11H2,1-4H3,(H2,22,28,29). The van der Waals surface area contributed by atoms with Crippen LogP contribution < -0.4 is 5.14 Å². The van der Waals surface area contributed by atoms with Gasteiger partial charge in [0.15, 0.2) is 10.9 Å². The zero-order valence-corrected chi connectivity index (χ0v) is 20.0. The van der Waals surface area contributed by atoms with Crippen LogP contribution in [0.2, 0.25) is 0 Å². The number of nitrogens with one attached hydrogen (secondary N) is 1. The Morgan fingerprint density at radius 1 is 1.25 bits per heavy atom. The summed E-state index contributed by atoms with van der Waals surface area (Å²) in [6, 6.07) is 4.56. The maximum Gasteiger partial charge on any atom is 0.340 e. The molecule has 0 fully saturated rings. The molecule has 3 aromatic rings. The Hall–Kier alpha value is -2.63. The third-order valence-corrected chi connectivity index (χ3v) is 6.88. The van der Waals surface area contributed by atoms with Gasteiger partial charge in [0.2, 0.25) is 10.0 Å². The molecule has 9 nitrogen and oxygen atoms in total. The first-order valence-electron chi connectivity index (χ1n) is 10.1. The van der Waals surface area contributed by atoms with Gasteiger partial charge >= 0.3 is 5.97 Å². The molecule has 0 amide bonds. The number of benzene rings is 1. The number of hydrogen-bond donors (Lipinski definition) is 2. The van der Waals surface area contributed by atoms with Gasteiger partial charge < -0.3 is 14.3 Å². The second-order valence-electron chi connectivity index (χ2n) is 7.30. The number of thioether (sulfide) groups is 1. The van der Waals surface area contributed by atoms with Crippen LogP contribution in [0.1, 0.15) is 52.4 Å². The van der Waals surface area contributed by atoms with Gasteiger partial charge in [0.05, 0.1) is 39.5 Å². The van der Waals surface area contributed by atoms with E-state index in [1.54, 1.807) is 26.8 Å². The third kappa shape index (κ3) is 4.74. The first-order chi connectivity index (χ1) is 15.1. The number of nitrogens with zero attached hydrogens (tertiary/aromatic N) is 2. The average Bonchev–Trinajstić information content (AvgIpc) is 3.22. The van der Waals surface area contributed by atoms with E-state index in [2.05, 4.69) is 9.97 Å². The van der Waals surface area contributed by atoms with Crippen LogP contribution in [-0.2, 0) is 21.3 Å². The van der Waals surface area contributed by atoms with E-state index in [-0.39, 0.29) is 23.0 Å². The van der Waals surface area contributed by atoms with Crippen LogP contribution in [0.3, 0.4) is 0 Å². The lowest BCUT2D eigenvalue weighted by Crippen LogP contribution is -2.11. The van der Waals surface area contributed by atoms with Gasteiger partial charge in [0, 0.05) is 12.2 Å². The van der Waals surface area contributed by atoms with E-state index in [9.17, 15) is 18.0 Å². The minimum Gasteiger partial charge on any atom is -0.462 e. The number of H-pyrrole nitrogens is 1. The minimum atomic E-state index is -3.84. The molecule has 0 aliphatic rings. The number of primary sulfonamides is 1.